The Balaban J connectivity index is 1.54. The van der Waals surface area contributed by atoms with Gasteiger partial charge in [-0.2, -0.15) is 0 Å². The fourth-order valence-electron chi connectivity index (χ4n) is 3.31. The molecule has 2 fully saturated rings. The van der Waals surface area contributed by atoms with Crippen molar-refractivity contribution in [1.29, 1.82) is 0 Å². The molecule has 0 radical (unpaired) electrons. The van der Waals surface area contributed by atoms with Crippen molar-refractivity contribution < 1.29 is 19.1 Å². The molecule has 4 nitrogen and oxygen atoms in total. The van der Waals surface area contributed by atoms with Gasteiger partial charge in [0.05, 0.1) is 11.8 Å². The van der Waals surface area contributed by atoms with E-state index in [4.69, 9.17) is 9.47 Å². The summed E-state index contributed by atoms with van der Waals surface area (Å²) >= 11 is 0. The van der Waals surface area contributed by atoms with Crippen LogP contribution in [0.4, 0.5) is 0 Å². The number of ether oxygens (including phenoxy) is 2. The first-order chi connectivity index (χ1) is 10.8. The van der Waals surface area contributed by atoms with E-state index in [9.17, 15) is 9.59 Å². The van der Waals surface area contributed by atoms with Crippen LogP contribution in [-0.4, -0.2) is 25.2 Å². The zero-order valence-corrected chi connectivity index (χ0v) is 13.4. The molecule has 0 spiro atoms. The molecule has 0 aliphatic heterocycles. The molecule has 0 heterocycles. The summed E-state index contributed by atoms with van der Waals surface area (Å²) < 4.78 is 10.5. The van der Waals surface area contributed by atoms with Gasteiger partial charge < -0.3 is 9.47 Å². The minimum atomic E-state index is -0.0800. The summed E-state index contributed by atoms with van der Waals surface area (Å²) in [4.78, 5) is 23.6. The third-order valence-corrected chi connectivity index (χ3v) is 4.69. The number of rotatable bonds is 6. The molecule has 0 atom stereocenters. The van der Waals surface area contributed by atoms with Crippen molar-refractivity contribution >= 4 is 11.9 Å². The standard InChI is InChI=1S/C18H28O4/c19-17(15-9-3-1-4-10-15)21-13-7-8-14-22-18(20)16-11-5-2-6-12-16/h7-8,15-16H,1-6,9-14H2/b8-7+. The minimum Gasteiger partial charge on any atom is -0.461 e. The van der Waals surface area contributed by atoms with Crippen LogP contribution in [0.25, 0.3) is 0 Å². The lowest BCUT2D eigenvalue weighted by Gasteiger charge is -2.19. The SMILES string of the molecule is O=C(OC/C=C/COC(=O)C1CCCCC1)C1CCCCC1. The van der Waals surface area contributed by atoms with Gasteiger partial charge in [-0.25, -0.2) is 0 Å². The quantitative estimate of drug-likeness (QED) is 0.553. The molecule has 0 aromatic rings. The topological polar surface area (TPSA) is 52.6 Å². The zero-order valence-electron chi connectivity index (χ0n) is 13.4. The second kappa shape index (κ2) is 9.65. The molecule has 22 heavy (non-hydrogen) atoms. The molecule has 2 saturated carbocycles. The molecular formula is C18H28O4. The van der Waals surface area contributed by atoms with Crippen LogP contribution in [-0.2, 0) is 19.1 Å². The second-order valence-corrected chi connectivity index (χ2v) is 6.40. The maximum Gasteiger partial charge on any atom is 0.309 e. The molecule has 0 bridgehead atoms. The fraction of sp³-hybridized carbons (Fsp3) is 0.778. The predicted octanol–water partition coefficient (Wildman–Crippen LogP) is 3.79. The van der Waals surface area contributed by atoms with Gasteiger partial charge in [0.2, 0.25) is 0 Å². The highest BCUT2D eigenvalue weighted by atomic mass is 16.5. The first kappa shape index (κ1) is 17.0. The average Bonchev–Trinajstić information content (AvgIpc) is 2.59. The van der Waals surface area contributed by atoms with E-state index in [1.807, 2.05) is 0 Å². The Morgan fingerprint density at radius 3 is 1.41 bits per heavy atom. The number of hydrogen-bond donors (Lipinski definition) is 0. The van der Waals surface area contributed by atoms with Gasteiger partial charge in [0.15, 0.2) is 0 Å². The van der Waals surface area contributed by atoms with Crippen molar-refractivity contribution in [2.75, 3.05) is 13.2 Å². The van der Waals surface area contributed by atoms with Crippen LogP contribution < -0.4 is 0 Å². The number of hydrogen-bond acceptors (Lipinski definition) is 4. The lowest BCUT2D eigenvalue weighted by atomic mass is 9.89. The molecule has 2 aliphatic carbocycles. The molecular weight excluding hydrogens is 280 g/mol. The zero-order chi connectivity index (χ0) is 15.6. The normalized spacial score (nSPS) is 20.9. The third-order valence-electron chi connectivity index (χ3n) is 4.69. The van der Waals surface area contributed by atoms with Gasteiger partial charge in [0, 0.05) is 0 Å². The Hall–Kier alpha value is -1.32. The molecule has 2 aliphatic rings. The lowest BCUT2D eigenvalue weighted by molar-refractivity contribution is -0.149. The lowest BCUT2D eigenvalue weighted by Crippen LogP contribution is -2.21. The summed E-state index contributed by atoms with van der Waals surface area (Å²) in [6.45, 7) is 0.548. The van der Waals surface area contributed by atoms with E-state index in [-0.39, 0.29) is 37.0 Å². The predicted molar refractivity (Wildman–Crippen MR) is 84.2 cm³/mol. The first-order valence-corrected chi connectivity index (χ1v) is 8.75. The molecule has 0 aromatic carbocycles. The Morgan fingerprint density at radius 2 is 1.05 bits per heavy atom. The highest BCUT2D eigenvalue weighted by molar-refractivity contribution is 5.73. The average molecular weight is 308 g/mol. The molecule has 124 valence electrons. The van der Waals surface area contributed by atoms with Crippen molar-refractivity contribution in [3.05, 3.63) is 12.2 Å². The molecule has 2 rings (SSSR count). The molecule has 0 N–H and O–H groups in total. The smallest absolute Gasteiger partial charge is 0.309 e. The van der Waals surface area contributed by atoms with E-state index in [1.54, 1.807) is 12.2 Å². The van der Waals surface area contributed by atoms with Crippen LogP contribution >= 0.6 is 0 Å². The summed E-state index contributed by atoms with van der Waals surface area (Å²) in [6.07, 6.45) is 14.3. The Labute approximate surface area is 133 Å². The maximum absolute atomic E-state index is 11.8. The van der Waals surface area contributed by atoms with E-state index in [2.05, 4.69) is 0 Å². The van der Waals surface area contributed by atoms with Crippen LogP contribution in [0, 0.1) is 11.8 Å². The van der Waals surface area contributed by atoms with Crippen LogP contribution in [0.15, 0.2) is 12.2 Å². The van der Waals surface area contributed by atoms with Gasteiger partial charge in [-0.1, -0.05) is 38.5 Å². The van der Waals surface area contributed by atoms with E-state index in [1.165, 1.54) is 12.8 Å². The van der Waals surface area contributed by atoms with Crippen molar-refractivity contribution in [1.82, 2.24) is 0 Å². The van der Waals surface area contributed by atoms with Gasteiger partial charge in [0.1, 0.15) is 13.2 Å². The van der Waals surface area contributed by atoms with Gasteiger partial charge in [-0.3, -0.25) is 9.59 Å². The van der Waals surface area contributed by atoms with Crippen molar-refractivity contribution in [2.45, 2.75) is 64.2 Å². The summed E-state index contributed by atoms with van der Waals surface area (Å²) in [5.74, 6) is 0.0182. The van der Waals surface area contributed by atoms with Gasteiger partial charge in [-0.15, -0.1) is 0 Å². The molecule has 4 heteroatoms. The molecule has 0 amide bonds. The minimum absolute atomic E-state index is 0.0800. The highest BCUT2D eigenvalue weighted by Crippen LogP contribution is 2.25. The monoisotopic (exact) mass is 308 g/mol. The number of carbonyl (C=O) groups is 2. The summed E-state index contributed by atoms with van der Waals surface area (Å²) in [5, 5.41) is 0. The first-order valence-electron chi connectivity index (χ1n) is 8.75. The van der Waals surface area contributed by atoms with E-state index >= 15 is 0 Å². The number of esters is 2. The fourth-order valence-corrected chi connectivity index (χ4v) is 3.31. The largest absolute Gasteiger partial charge is 0.461 e. The van der Waals surface area contributed by atoms with Crippen molar-refractivity contribution in [2.24, 2.45) is 11.8 Å². The van der Waals surface area contributed by atoms with Crippen LogP contribution in [0.2, 0.25) is 0 Å². The Kier molecular flexibility index (Phi) is 7.47. The number of carbonyl (C=O) groups excluding carboxylic acids is 2. The van der Waals surface area contributed by atoms with E-state index in [0.717, 1.165) is 51.4 Å². The van der Waals surface area contributed by atoms with E-state index < -0.39 is 0 Å². The second-order valence-electron chi connectivity index (χ2n) is 6.40. The van der Waals surface area contributed by atoms with Gasteiger partial charge in [-0.05, 0) is 37.8 Å². The van der Waals surface area contributed by atoms with Crippen LogP contribution in [0.3, 0.4) is 0 Å². The molecule has 0 unspecified atom stereocenters. The van der Waals surface area contributed by atoms with Crippen molar-refractivity contribution in [3.63, 3.8) is 0 Å². The maximum atomic E-state index is 11.8. The van der Waals surface area contributed by atoms with Crippen LogP contribution in [0.5, 0.6) is 0 Å². The third kappa shape index (κ3) is 5.82. The van der Waals surface area contributed by atoms with Gasteiger partial charge >= 0.3 is 11.9 Å². The van der Waals surface area contributed by atoms with E-state index in [0.29, 0.717) is 0 Å². The van der Waals surface area contributed by atoms with Crippen molar-refractivity contribution in [3.8, 4) is 0 Å². The molecule has 0 aromatic heterocycles. The van der Waals surface area contributed by atoms with Crippen LogP contribution in [0.1, 0.15) is 64.2 Å². The summed E-state index contributed by atoms with van der Waals surface area (Å²) in [5.41, 5.74) is 0. The summed E-state index contributed by atoms with van der Waals surface area (Å²) in [6, 6.07) is 0. The Bertz CT molecular complexity index is 341. The van der Waals surface area contributed by atoms with Gasteiger partial charge in [0.25, 0.3) is 0 Å². The summed E-state index contributed by atoms with van der Waals surface area (Å²) in [7, 11) is 0. The Morgan fingerprint density at radius 1 is 0.682 bits per heavy atom. The molecule has 0 saturated heterocycles. The highest BCUT2D eigenvalue weighted by Gasteiger charge is 2.22.